The van der Waals surface area contributed by atoms with E-state index in [4.69, 9.17) is 9.52 Å². The Morgan fingerprint density at radius 1 is 1.50 bits per heavy atom. The van der Waals surface area contributed by atoms with Crippen molar-refractivity contribution in [1.29, 1.82) is 0 Å². The molecule has 0 bridgehead atoms. The summed E-state index contributed by atoms with van der Waals surface area (Å²) in [7, 11) is 0. The molecule has 0 aliphatic carbocycles. The van der Waals surface area contributed by atoms with Crippen LogP contribution in [-0.2, 0) is 4.79 Å². The molecule has 1 fully saturated rings. The smallest absolute Gasteiger partial charge is 0.308 e. The van der Waals surface area contributed by atoms with Crippen LogP contribution < -0.4 is 0 Å². The number of hydrogen-bond acceptors (Lipinski definition) is 4. The number of amides is 1. The largest absolute Gasteiger partial charge is 0.481 e. The normalized spacial score (nSPS) is 23.3. The van der Waals surface area contributed by atoms with Crippen LogP contribution in [0.2, 0.25) is 0 Å². The second kappa shape index (κ2) is 5.06. The second-order valence-corrected chi connectivity index (χ2v) is 5.11. The summed E-state index contributed by atoms with van der Waals surface area (Å²) in [6.07, 6.45) is 2.37. The van der Waals surface area contributed by atoms with Crippen LogP contribution in [0.4, 0.5) is 0 Å². The van der Waals surface area contributed by atoms with Gasteiger partial charge in [0.25, 0.3) is 5.91 Å². The second-order valence-electron chi connectivity index (χ2n) is 4.30. The topological polar surface area (TPSA) is 70.8 Å². The Balaban J connectivity index is 2.13. The Morgan fingerprint density at radius 3 is 2.72 bits per heavy atom. The van der Waals surface area contributed by atoms with Crippen molar-refractivity contribution in [3.05, 3.63) is 17.9 Å². The number of furan rings is 1. The summed E-state index contributed by atoms with van der Waals surface area (Å²) in [6, 6.07) is 3.08. The molecule has 1 aromatic rings. The Labute approximate surface area is 109 Å². The summed E-state index contributed by atoms with van der Waals surface area (Å²) in [4.78, 5) is 24.8. The van der Waals surface area contributed by atoms with E-state index in [1.165, 1.54) is 11.8 Å². The molecule has 6 heteroatoms. The zero-order chi connectivity index (χ0) is 13.3. The quantitative estimate of drug-likeness (QED) is 0.849. The Hall–Kier alpha value is -1.43. The molecule has 1 amide bonds. The molecule has 1 aliphatic heterocycles. The third kappa shape index (κ3) is 2.25. The summed E-state index contributed by atoms with van der Waals surface area (Å²) in [5.74, 6) is -1.28. The van der Waals surface area contributed by atoms with Crippen molar-refractivity contribution < 1.29 is 19.1 Å². The van der Waals surface area contributed by atoms with Crippen LogP contribution in [0.15, 0.2) is 21.6 Å². The maximum atomic E-state index is 12.2. The number of thioether (sulfide) groups is 1. The van der Waals surface area contributed by atoms with E-state index in [2.05, 4.69) is 0 Å². The monoisotopic (exact) mass is 269 g/mol. The Morgan fingerprint density at radius 2 is 2.22 bits per heavy atom. The van der Waals surface area contributed by atoms with Gasteiger partial charge in [-0.1, -0.05) is 11.8 Å². The number of nitrogens with zero attached hydrogens (tertiary/aromatic N) is 1. The van der Waals surface area contributed by atoms with Gasteiger partial charge in [0, 0.05) is 12.6 Å². The van der Waals surface area contributed by atoms with E-state index in [-0.39, 0.29) is 17.7 Å². The molecule has 0 radical (unpaired) electrons. The third-order valence-electron chi connectivity index (χ3n) is 3.33. The van der Waals surface area contributed by atoms with Gasteiger partial charge in [-0.2, -0.15) is 0 Å². The molecule has 0 spiro atoms. The number of rotatable bonds is 3. The summed E-state index contributed by atoms with van der Waals surface area (Å²) in [6.45, 7) is 2.23. The minimum atomic E-state index is -0.845. The van der Waals surface area contributed by atoms with Crippen molar-refractivity contribution in [2.75, 3.05) is 12.8 Å². The van der Waals surface area contributed by atoms with Crippen molar-refractivity contribution in [3.63, 3.8) is 0 Å². The van der Waals surface area contributed by atoms with Gasteiger partial charge in [-0.25, -0.2) is 0 Å². The van der Waals surface area contributed by atoms with Crippen LogP contribution >= 0.6 is 11.8 Å². The van der Waals surface area contributed by atoms with E-state index < -0.39 is 11.9 Å². The predicted molar refractivity (Wildman–Crippen MR) is 66.7 cm³/mol. The van der Waals surface area contributed by atoms with E-state index in [0.717, 1.165) is 0 Å². The molecule has 18 heavy (non-hydrogen) atoms. The first kappa shape index (κ1) is 13.0. The Kier molecular flexibility index (Phi) is 3.65. The van der Waals surface area contributed by atoms with Gasteiger partial charge in [0.05, 0.1) is 5.92 Å². The van der Waals surface area contributed by atoms with Gasteiger partial charge < -0.3 is 14.4 Å². The first-order chi connectivity index (χ1) is 8.54. The summed E-state index contributed by atoms with van der Waals surface area (Å²) in [5.41, 5.74) is 0. The standard InChI is InChI=1S/C12H15NO4S/c1-7-8(12(15)16)5-6-13(7)11(14)9-3-4-10(17-9)18-2/h3-4,7-8H,5-6H2,1-2H3,(H,15,16). The molecular weight excluding hydrogens is 254 g/mol. The van der Waals surface area contributed by atoms with Crippen molar-refractivity contribution >= 4 is 23.6 Å². The lowest BCUT2D eigenvalue weighted by Gasteiger charge is -2.22. The molecule has 5 nitrogen and oxygen atoms in total. The lowest BCUT2D eigenvalue weighted by atomic mass is 10.0. The van der Waals surface area contributed by atoms with Gasteiger partial charge in [0.1, 0.15) is 0 Å². The zero-order valence-electron chi connectivity index (χ0n) is 10.3. The van der Waals surface area contributed by atoms with Gasteiger partial charge in [-0.05, 0) is 31.7 Å². The number of hydrogen-bond donors (Lipinski definition) is 1. The molecular formula is C12H15NO4S. The highest BCUT2D eigenvalue weighted by Crippen LogP contribution is 2.27. The van der Waals surface area contributed by atoms with Crippen LogP contribution in [0.1, 0.15) is 23.9 Å². The Bertz CT molecular complexity index is 470. The maximum Gasteiger partial charge on any atom is 0.308 e. The average Bonchev–Trinajstić information content (AvgIpc) is 2.94. The summed E-state index contributed by atoms with van der Waals surface area (Å²) < 4.78 is 5.38. The van der Waals surface area contributed by atoms with Gasteiger partial charge in [-0.3, -0.25) is 9.59 Å². The molecule has 2 unspecified atom stereocenters. The van der Waals surface area contributed by atoms with E-state index >= 15 is 0 Å². The van der Waals surface area contributed by atoms with Crippen LogP contribution in [-0.4, -0.2) is 40.7 Å². The number of likely N-dealkylation sites (tertiary alicyclic amines) is 1. The molecule has 2 heterocycles. The average molecular weight is 269 g/mol. The molecule has 1 N–H and O–H groups in total. The third-order valence-corrected chi connectivity index (χ3v) is 3.95. The van der Waals surface area contributed by atoms with E-state index in [1.807, 2.05) is 6.26 Å². The maximum absolute atomic E-state index is 12.2. The highest BCUT2D eigenvalue weighted by Gasteiger charge is 2.39. The van der Waals surface area contributed by atoms with Crippen LogP contribution in [0, 0.1) is 5.92 Å². The molecule has 2 atom stereocenters. The minimum Gasteiger partial charge on any atom is -0.481 e. The first-order valence-corrected chi connectivity index (χ1v) is 6.94. The lowest BCUT2D eigenvalue weighted by molar-refractivity contribution is -0.142. The molecule has 1 aliphatic rings. The van der Waals surface area contributed by atoms with Crippen molar-refractivity contribution in [2.45, 2.75) is 24.5 Å². The van der Waals surface area contributed by atoms with E-state index in [0.29, 0.717) is 18.1 Å². The van der Waals surface area contributed by atoms with Crippen molar-refractivity contribution in [1.82, 2.24) is 4.90 Å². The van der Waals surface area contributed by atoms with Crippen LogP contribution in [0.5, 0.6) is 0 Å². The molecule has 1 aromatic heterocycles. The SMILES string of the molecule is CSc1ccc(C(=O)N2CCC(C(=O)O)C2C)o1. The first-order valence-electron chi connectivity index (χ1n) is 5.72. The fourth-order valence-corrected chi connectivity index (χ4v) is 2.62. The zero-order valence-corrected chi connectivity index (χ0v) is 11.1. The number of carboxylic acid groups (broad SMARTS) is 1. The molecule has 98 valence electrons. The van der Waals surface area contributed by atoms with Gasteiger partial charge in [0.2, 0.25) is 0 Å². The van der Waals surface area contributed by atoms with Crippen molar-refractivity contribution in [2.24, 2.45) is 5.92 Å². The van der Waals surface area contributed by atoms with E-state index in [9.17, 15) is 9.59 Å². The van der Waals surface area contributed by atoms with Gasteiger partial charge >= 0.3 is 5.97 Å². The fourth-order valence-electron chi connectivity index (χ4n) is 2.24. The number of aliphatic carboxylic acids is 1. The van der Waals surface area contributed by atoms with Gasteiger partial charge in [0.15, 0.2) is 10.9 Å². The van der Waals surface area contributed by atoms with Crippen LogP contribution in [0.25, 0.3) is 0 Å². The van der Waals surface area contributed by atoms with Crippen LogP contribution in [0.3, 0.4) is 0 Å². The fraction of sp³-hybridized carbons (Fsp3) is 0.500. The van der Waals surface area contributed by atoms with E-state index in [1.54, 1.807) is 24.0 Å². The highest BCUT2D eigenvalue weighted by molar-refractivity contribution is 7.98. The molecule has 1 saturated heterocycles. The highest BCUT2D eigenvalue weighted by atomic mass is 32.2. The minimum absolute atomic E-state index is 0.230. The lowest BCUT2D eigenvalue weighted by Crippen LogP contribution is -2.37. The number of carbonyl (C=O) groups is 2. The summed E-state index contributed by atoms with van der Waals surface area (Å²) >= 11 is 1.42. The summed E-state index contributed by atoms with van der Waals surface area (Å²) in [5, 5.41) is 9.71. The van der Waals surface area contributed by atoms with Crippen molar-refractivity contribution in [3.8, 4) is 0 Å². The molecule has 2 rings (SSSR count). The number of carboxylic acids is 1. The predicted octanol–water partition coefficient (Wildman–Crippen LogP) is 1.94. The number of carbonyl (C=O) groups excluding carboxylic acids is 1. The van der Waals surface area contributed by atoms with Gasteiger partial charge in [-0.15, -0.1) is 0 Å². The molecule has 0 saturated carbocycles. The molecule has 0 aromatic carbocycles.